The van der Waals surface area contributed by atoms with Gasteiger partial charge in [0.2, 0.25) is 0 Å². The van der Waals surface area contributed by atoms with Crippen LogP contribution >= 0.6 is 11.6 Å². The largest absolute Gasteiger partial charge is 0.508 e. The summed E-state index contributed by atoms with van der Waals surface area (Å²) in [7, 11) is 0. The number of hydrogen-bond donors (Lipinski definition) is 2. The van der Waals surface area contributed by atoms with Gasteiger partial charge >= 0.3 is 6.01 Å². The average molecular weight is 573 g/mol. The lowest BCUT2D eigenvalue weighted by Gasteiger charge is -2.34. The van der Waals surface area contributed by atoms with Crippen LogP contribution in [0, 0.1) is 0 Å². The Kier molecular flexibility index (Phi) is 5.91. The summed E-state index contributed by atoms with van der Waals surface area (Å²) >= 11 is 6.61. The highest BCUT2D eigenvalue weighted by molar-refractivity contribution is 6.36. The number of aromatic nitrogens is 3. The van der Waals surface area contributed by atoms with Crippen molar-refractivity contribution in [1.82, 2.24) is 24.8 Å². The van der Waals surface area contributed by atoms with Crippen molar-refractivity contribution in [1.29, 1.82) is 0 Å². The molecule has 0 amide bonds. The van der Waals surface area contributed by atoms with E-state index in [0.29, 0.717) is 51.7 Å². The van der Waals surface area contributed by atoms with E-state index in [4.69, 9.17) is 26.3 Å². The van der Waals surface area contributed by atoms with Gasteiger partial charge < -0.3 is 20.1 Å². The van der Waals surface area contributed by atoms with Crippen molar-refractivity contribution >= 4 is 39.1 Å². The molecule has 41 heavy (non-hydrogen) atoms. The van der Waals surface area contributed by atoms with Gasteiger partial charge in [0, 0.05) is 48.9 Å². The van der Waals surface area contributed by atoms with Gasteiger partial charge in [-0.05, 0) is 69.1 Å². The summed E-state index contributed by atoms with van der Waals surface area (Å²) in [6.45, 7) is 4.48. The molecule has 2 unspecified atom stereocenters. The van der Waals surface area contributed by atoms with Crippen LogP contribution in [-0.2, 0) is 0 Å². The number of fused-ring (bicyclic) bond motifs is 5. The maximum absolute atomic E-state index is 13.7. The van der Waals surface area contributed by atoms with E-state index in [9.17, 15) is 9.90 Å². The number of piperazine rings is 1. The number of phenols is 1. The van der Waals surface area contributed by atoms with E-state index in [1.807, 2.05) is 12.1 Å². The van der Waals surface area contributed by atoms with Crippen molar-refractivity contribution in [3.63, 3.8) is 0 Å². The van der Waals surface area contributed by atoms with Crippen LogP contribution in [-0.4, -0.2) is 75.0 Å². The van der Waals surface area contributed by atoms with E-state index in [2.05, 4.69) is 15.1 Å². The first-order valence-electron chi connectivity index (χ1n) is 14.7. The van der Waals surface area contributed by atoms with Gasteiger partial charge in [-0.25, -0.2) is 0 Å². The Labute approximate surface area is 242 Å². The van der Waals surface area contributed by atoms with Gasteiger partial charge in [0.1, 0.15) is 18.2 Å². The Morgan fingerprint density at radius 1 is 1.07 bits per heavy atom. The van der Waals surface area contributed by atoms with E-state index >= 15 is 0 Å². The van der Waals surface area contributed by atoms with Gasteiger partial charge in [-0.15, -0.1) is 0 Å². The first kappa shape index (κ1) is 25.3. The molecule has 212 valence electrons. The third kappa shape index (κ3) is 4.24. The monoisotopic (exact) mass is 572 g/mol. The average Bonchev–Trinajstić information content (AvgIpc) is 3.64. The molecular formula is C31H33ClN6O3. The van der Waals surface area contributed by atoms with Crippen molar-refractivity contribution in [3.05, 3.63) is 58.0 Å². The molecule has 0 saturated carbocycles. The summed E-state index contributed by atoms with van der Waals surface area (Å²) in [5.74, 6) is 0.807. The minimum atomic E-state index is -0.243. The fraction of sp³-hybridized carbons (Fsp3) is 0.452. The molecule has 4 aliphatic heterocycles. The zero-order valence-electron chi connectivity index (χ0n) is 22.9. The van der Waals surface area contributed by atoms with Crippen LogP contribution < -0.4 is 20.5 Å². The number of hydrogen-bond acceptors (Lipinski definition) is 8. The van der Waals surface area contributed by atoms with Crippen molar-refractivity contribution in [2.24, 2.45) is 0 Å². The number of pyridine rings is 1. The number of nitrogens with one attached hydrogen (secondary N) is 1. The molecular weight excluding hydrogens is 540 g/mol. The first-order valence-corrected chi connectivity index (χ1v) is 15.1. The van der Waals surface area contributed by atoms with Gasteiger partial charge in [0.15, 0.2) is 0 Å². The molecule has 0 spiro atoms. The Morgan fingerprint density at radius 2 is 1.85 bits per heavy atom. The number of nitrogens with zero attached hydrogens (tertiary/aromatic N) is 5. The van der Waals surface area contributed by atoms with Crippen molar-refractivity contribution in [2.45, 2.75) is 56.1 Å². The van der Waals surface area contributed by atoms with E-state index in [0.717, 1.165) is 63.1 Å². The number of phenolic OH excluding ortho intramolecular Hbond substituents is 1. The molecule has 4 saturated heterocycles. The molecule has 6 heterocycles. The summed E-state index contributed by atoms with van der Waals surface area (Å²) in [5, 5.41) is 16.8. The smallest absolute Gasteiger partial charge is 0.319 e. The van der Waals surface area contributed by atoms with Gasteiger partial charge in [-0.1, -0.05) is 23.7 Å². The standard InChI is InChI=1S/C31H33ClN6O3/c32-24-5-1-4-19-12-22(39)13-26(28(19)24)38-17-25-23(14-27(38)40)29(36-15-20-6-7-21(16-36)33-20)35-30(34-25)41-18-31-8-2-10-37(31)11-3-9-31/h1,4-5,12-14,17,20-21,33,39H,2-3,6-11,15-16,18H2. The third-order valence-electron chi connectivity index (χ3n) is 9.64. The van der Waals surface area contributed by atoms with Gasteiger partial charge in [-0.2, -0.15) is 9.97 Å². The maximum Gasteiger partial charge on any atom is 0.319 e. The molecule has 2 bridgehead atoms. The second-order valence-electron chi connectivity index (χ2n) is 12.2. The second kappa shape index (κ2) is 9.58. The highest BCUT2D eigenvalue weighted by Gasteiger charge is 2.45. The lowest BCUT2D eigenvalue weighted by Crippen LogP contribution is -2.51. The summed E-state index contributed by atoms with van der Waals surface area (Å²) in [5.41, 5.74) is 0.952. The third-order valence-corrected chi connectivity index (χ3v) is 9.95. The van der Waals surface area contributed by atoms with E-state index in [-0.39, 0.29) is 16.8 Å². The Bertz CT molecular complexity index is 1720. The first-order chi connectivity index (χ1) is 20.0. The van der Waals surface area contributed by atoms with Crippen LogP contribution in [0.3, 0.4) is 0 Å². The SMILES string of the molecule is O=c1cc2c(N3CC4CCC(C3)N4)nc(OCC34CCCN3CCC4)nc2cn1-c1cc(O)cc2cccc(Cl)c12. The molecule has 2 aromatic carbocycles. The zero-order valence-corrected chi connectivity index (χ0v) is 23.6. The van der Waals surface area contributed by atoms with Crippen molar-refractivity contribution in [3.8, 4) is 17.4 Å². The summed E-state index contributed by atoms with van der Waals surface area (Å²) in [4.78, 5) is 28.4. The van der Waals surface area contributed by atoms with Crippen molar-refractivity contribution in [2.75, 3.05) is 37.7 Å². The molecule has 10 heteroatoms. The summed E-state index contributed by atoms with van der Waals surface area (Å²) < 4.78 is 7.95. The lowest BCUT2D eigenvalue weighted by molar-refractivity contribution is 0.108. The highest BCUT2D eigenvalue weighted by Crippen LogP contribution is 2.39. The van der Waals surface area contributed by atoms with E-state index < -0.39 is 0 Å². The maximum atomic E-state index is 13.7. The highest BCUT2D eigenvalue weighted by atomic mass is 35.5. The molecule has 9 nitrogen and oxygen atoms in total. The van der Waals surface area contributed by atoms with Crippen LogP contribution in [0.25, 0.3) is 27.4 Å². The minimum absolute atomic E-state index is 0.0578. The number of aromatic hydroxyl groups is 1. The van der Waals surface area contributed by atoms with Crippen LogP contribution in [0.2, 0.25) is 5.02 Å². The van der Waals surface area contributed by atoms with Gasteiger partial charge in [-0.3, -0.25) is 14.3 Å². The second-order valence-corrected chi connectivity index (χ2v) is 12.6. The van der Waals surface area contributed by atoms with Crippen LogP contribution in [0.5, 0.6) is 11.8 Å². The Balaban J connectivity index is 1.26. The number of benzene rings is 2. The fourth-order valence-electron chi connectivity index (χ4n) is 7.73. The molecule has 2 atom stereocenters. The summed E-state index contributed by atoms with van der Waals surface area (Å²) in [6.07, 6.45) is 8.69. The topological polar surface area (TPSA) is 95.8 Å². The number of halogens is 1. The molecule has 4 aromatic rings. The van der Waals surface area contributed by atoms with Crippen LogP contribution in [0.1, 0.15) is 38.5 Å². The molecule has 2 N–H and O–H groups in total. The Morgan fingerprint density at radius 3 is 2.63 bits per heavy atom. The molecule has 4 fully saturated rings. The predicted octanol–water partition coefficient (Wildman–Crippen LogP) is 4.24. The van der Waals surface area contributed by atoms with Gasteiger partial charge in [0.05, 0.1) is 27.2 Å². The van der Waals surface area contributed by atoms with Crippen LogP contribution in [0.15, 0.2) is 47.4 Å². The fourth-order valence-corrected chi connectivity index (χ4v) is 8.01. The van der Waals surface area contributed by atoms with Crippen molar-refractivity contribution < 1.29 is 9.84 Å². The van der Waals surface area contributed by atoms with E-state index in [1.54, 1.807) is 30.5 Å². The normalized spacial score (nSPS) is 23.5. The molecule has 4 aliphatic rings. The predicted molar refractivity (Wildman–Crippen MR) is 160 cm³/mol. The number of anilines is 1. The summed E-state index contributed by atoms with van der Waals surface area (Å²) in [6, 6.07) is 11.5. The quantitative estimate of drug-likeness (QED) is 0.367. The number of ether oxygens (including phenoxy) is 1. The molecule has 8 rings (SSSR count). The van der Waals surface area contributed by atoms with Crippen LogP contribution in [0.4, 0.5) is 5.82 Å². The minimum Gasteiger partial charge on any atom is -0.508 e. The molecule has 0 aliphatic carbocycles. The lowest BCUT2D eigenvalue weighted by atomic mass is 9.95. The van der Waals surface area contributed by atoms with E-state index in [1.165, 1.54) is 17.4 Å². The zero-order chi connectivity index (χ0) is 27.7. The molecule has 2 aromatic heterocycles. The van der Waals surface area contributed by atoms with Gasteiger partial charge in [0.25, 0.3) is 5.56 Å². The molecule has 0 radical (unpaired) electrons. The Hall–Kier alpha value is -3.40. The number of rotatable bonds is 5.